The number of anilines is 1. The third-order valence-corrected chi connectivity index (χ3v) is 17.6. The number of amides is 1. The first kappa shape index (κ1) is 77.0. The van der Waals surface area contributed by atoms with Crippen LogP contribution in [0.3, 0.4) is 0 Å². The number of esters is 2. The van der Waals surface area contributed by atoms with Crippen LogP contribution < -0.4 is 5.32 Å². The van der Waals surface area contributed by atoms with Crippen molar-refractivity contribution in [1.82, 2.24) is 19.5 Å². The average Bonchev–Trinajstić information content (AvgIpc) is 1.62. The van der Waals surface area contributed by atoms with E-state index in [-0.39, 0.29) is 92.4 Å². The molecule has 0 aliphatic carbocycles. The van der Waals surface area contributed by atoms with Gasteiger partial charge in [-0.25, -0.2) is 29.1 Å². The minimum absolute atomic E-state index is 0.0399. The molecule has 5 atom stereocenters. The smallest absolute Gasteiger partial charge is 0.462 e. The summed E-state index contributed by atoms with van der Waals surface area (Å²) in [6.07, 6.45) is 19.7. The number of nitrogens with zero attached hydrogens (tertiary/aromatic N) is 7. The molecule has 1 N–H and O–H groups in total. The molecule has 2 aromatic heterocycles. The van der Waals surface area contributed by atoms with E-state index in [4.69, 9.17) is 42.0 Å². The maximum atomic E-state index is 15.4. The molecule has 1 fully saturated rings. The molecule has 1 aliphatic rings. The summed E-state index contributed by atoms with van der Waals surface area (Å²) in [5.74, 6) is -1.20. The van der Waals surface area contributed by atoms with Crippen LogP contribution in [0, 0.1) is 30.3 Å². The molecule has 96 heavy (non-hydrogen) atoms. The molecule has 0 bridgehead atoms. The van der Waals surface area contributed by atoms with Gasteiger partial charge in [0.25, 0.3) is 17.1 Å². The molecule has 2 unspecified atom stereocenters. The van der Waals surface area contributed by atoms with Gasteiger partial charge in [0, 0.05) is 68.5 Å². The molecular formula is C67H93N8O20P. The standard InChI is InChI=1S/C67H93N8O20P/c1-3-5-7-9-11-13-15-17-19-21-23-25-60(76)89-47-58(93-61(77)26-24-22-20-18-16-14-12-10-8-6-4-2)48-92-96(86,91-44-41-53-31-37-56(38-32-53)75(84)85)95-59-45-57(46-90-67(79)88-43-40-52-29-35-55(36-30-52)74(82)83)94-65(59)72-50-70-62-63(68-49-69-64(62)72)71-66(78)87-42-39-51-27-33-54(34-28-51)73(80)81/h27-38,49-50,57-59,65H,3-26,39-48H2,1-2H3,(H,68,69,71,78)/t57-,58?,59+,65+,96?/m0/s1. The quantitative estimate of drug-likeness (QED) is 0.00943. The third-order valence-electron chi connectivity index (χ3n) is 16.1. The van der Waals surface area contributed by atoms with Crippen molar-refractivity contribution < 1.29 is 80.5 Å². The molecule has 3 heterocycles. The van der Waals surface area contributed by atoms with Crippen molar-refractivity contribution in [2.45, 2.75) is 218 Å². The molecule has 526 valence electrons. The second-order valence-corrected chi connectivity index (χ2v) is 25.3. The number of hydrogen-bond donors (Lipinski definition) is 1. The van der Waals surface area contributed by atoms with E-state index in [0.717, 1.165) is 57.7 Å². The Kier molecular flexibility index (Phi) is 34.6. The molecule has 3 aromatic carbocycles. The number of hydrogen-bond acceptors (Lipinski definition) is 23. The minimum atomic E-state index is -4.91. The Bertz CT molecular complexity index is 3230. The number of ether oxygens (including phenoxy) is 6. The van der Waals surface area contributed by atoms with E-state index in [1.807, 2.05) is 0 Å². The van der Waals surface area contributed by atoms with Crippen LogP contribution in [0.1, 0.15) is 197 Å². The number of nitro groups is 3. The number of phosphoric ester groups is 1. The number of nitro benzene ring substituents is 3. The summed E-state index contributed by atoms with van der Waals surface area (Å²) in [6.45, 7) is 2.25. The van der Waals surface area contributed by atoms with E-state index in [1.165, 1.54) is 149 Å². The lowest BCUT2D eigenvalue weighted by Crippen LogP contribution is -2.30. The number of phosphoric acid groups is 1. The maximum Gasteiger partial charge on any atom is 0.508 e. The molecule has 5 aromatic rings. The van der Waals surface area contributed by atoms with E-state index in [2.05, 4.69) is 34.1 Å². The number of unbranched alkanes of at least 4 members (excludes halogenated alkanes) is 20. The molecule has 28 nitrogen and oxygen atoms in total. The molecular weight excluding hydrogens is 1270 g/mol. The summed E-state index contributed by atoms with van der Waals surface area (Å²) in [6, 6.07) is 17.1. The molecule has 1 amide bonds. The van der Waals surface area contributed by atoms with Crippen LogP contribution in [0.5, 0.6) is 0 Å². The van der Waals surface area contributed by atoms with Crippen LogP contribution in [0.2, 0.25) is 0 Å². The van der Waals surface area contributed by atoms with Crippen LogP contribution in [-0.2, 0) is 75.4 Å². The van der Waals surface area contributed by atoms with E-state index in [9.17, 15) is 49.5 Å². The first-order valence-corrected chi connectivity index (χ1v) is 35.2. The maximum absolute atomic E-state index is 15.4. The Morgan fingerprint density at radius 1 is 0.573 bits per heavy atom. The zero-order chi connectivity index (χ0) is 68.8. The van der Waals surface area contributed by atoms with Gasteiger partial charge >= 0.3 is 32.0 Å². The fraction of sp³-hybridized carbons (Fsp3) is 0.597. The summed E-state index contributed by atoms with van der Waals surface area (Å²) in [4.78, 5) is 98.2. The lowest BCUT2D eigenvalue weighted by atomic mass is 10.1. The highest BCUT2D eigenvalue weighted by molar-refractivity contribution is 7.48. The number of fused-ring (bicyclic) bond motifs is 1. The van der Waals surface area contributed by atoms with Crippen LogP contribution in [0.15, 0.2) is 85.5 Å². The number of nitrogens with one attached hydrogen (secondary N) is 1. The van der Waals surface area contributed by atoms with Crippen molar-refractivity contribution >= 4 is 66.1 Å². The molecule has 0 radical (unpaired) electrons. The third kappa shape index (κ3) is 28.7. The number of carbonyl (C=O) groups excluding carboxylic acids is 4. The first-order chi connectivity index (χ1) is 46.5. The highest BCUT2D eigenvalue weighted by atomic mass is 31.2. The predicted molar refractivity (Wildman–Crippen MR) is 354 cm³/mol. The van der Waals surface area contributed by atoms with Gasteiger partial charge in [-0.2, -0.15) is 0 Å². The average molecular weight is 1360 g/mol. The molecule has 1 aliphatic heterocycles. The van der Waals surface area contributed by atoms with Crippen molar-refractivity contribution in [3.63, 3.8) is 0 Å². The number of imidazole rings is 1. The zero-order valence-corrected chi connectivity index (χ0v) is 56.1. The minimum Gasteiger partial charge on any atom is -0.462 e. The monoisotopic (exact) mass is 1360 g/mol. The second kappa shape index (κ2) is 43.2. The van der Waals surface area contributed by atoms with Crippen molar-refractivity contribution in [2.75, 3.05) is 45.0 Å². The normalized spacial score (nSPS) is 15.3. The molecule has 1 saturated heterocycles. The molecule has 6 rings (SSSR count). The van der Waals surface area contributed by atoms with Gasteiger partial charge in [-0.1, -0.05) is 179 Å². The Balaban J connectivity index is 1.19. The summed E-state index contributed by atoms with van der Waals surface area (Å²) < 4.78 is 69.6. The number of benzene rings is 3. The Hall–Kier alpha value is -8.04. The summed E-state index contributed by atoms with van der Waals surface area (Å²) >= 11 is 0. The van der Waals surface area contributed by atoms with Crippen molar-refractivity contribution in [1.29, 1.82) is 0 Å². The molecule has 0 spiro atoms. The number of rotatable bonds is 49. The van der Waals surface area contributed by atoms with E-state index < -0.39 is 91.1 Å². The van der Waals surface area contributed by atoms with Gasteiger partial charge in [0.15, 0.2) is 29.3 Å². The van der Waals surface area contributed by atoms with Crippen LogP contribution in [0.4, 0.5) is 32.5 Å². The van der Waals surface area contributed by atoms with Crippen LogP contribution in [-0.4, -0.2) is 116 Å². The summed E-state index contributed by atoms with van der Waals surface area (Å²) in [7, 11) is -4.91. The Morgan fingerprint density at radius 2 is 1.04 bits per heavy atom. The highest BCUT2D eigenvalue weighted by Gasteiger charge is 2.45. The van der Waals surface area contributed by atoms with Gasteiger partial charge in [-0.05, 0) is 36.0 Å². The number of aromatic nitrogens is 4. The topological polar surface area (TPSA) is 353 Å². The number of non-ortho nitro benzene ring substituents is 3. The first-order valence-electron chi connectivity index (χ1n) is 33.7. The van der Waals surface area contributed by atoms with Crippen LogP contribution >= 0.6 is 7.82 Å². The molecule has 29 heteroatoms. The van der Waals surface area contributed by atoms with E-state index in [1.54, 1.807) is 12.1 Å². The van der Waals surface area contributed by atoms with Gasteiger partial charge in [0.05, 0.1) is 53.6 Å². The Labute approximate surface area is 559 Å². The fourth-order valence-corrected chi connectivity index (χ4v) is 12.1. The van der Waals surface area contributed by atoms with Gasteiger partial charge in [-0.3, -0.25) is 63.4 Å². The van der Waals surface area contributed by atoms with Crippen molar-refractivity contribution in [2.24, 2.45) is 0 Å². The largest absolute Gasteiger partial charge is 0.508 e. The SMILES string of the molecule is CCCCCCCCCCCCCC(=O)OCC(COP(=O)(OCCc1ccc([N+](=O)[O-])cc1)O[C@@H]1C[C@@H](COC(=O)OCCc2ccc([N+](=O)[O-])cc2)O[C@H]1n1cnc2c(NC(=O)OCCc3ccc([N+](=O)[O-])cc3)ncnc21)OC(=O)CCCCCCCCCCCCC. The van der Waals surface area contributed by atoms with E-state index in [0.29, 0.717) is 29.5 Å². The fourth-order valence-electron chi connectivity index (χ4n) is 10.7. The zero-order valence-electron chi connectivity index (χ0n) is 55.2. The van der Waals surface area contributed by atoms with E-state index >= 15 is 4.57 Å². The van der Waals surface area contributed by atoms with Gasteiger partial charge < -0.3 is 28.4 Å². The van der Waals surface area contributed by atoms with Gasteiger partial charge in [0.2, 0.25) is 0 Å². The van der Waals surface area contributed by atoms with Gasteiger partial charge in [0.1, 0.15) is 25.6 Å². The lowest BCUT2D eigenvalue weighted by molar-refractivity contribution is -0.385. The summed E-state index contributed by atoms with van der Waals surface area (Å²) in [5, 5.41) is 36.3. The van der Waals surface area contributed by atoms with Crippen molar-refractivity contribution in [3.05, 3.63) is 132 Å². The number of carbonyl (C=O) groups is 4. The highest BCUT2D eigenvalue weighted by Crippen LogP contribution is 2.54. The molecule has 0 saturated carbocycles. The predicted octanol–water partition coefficient (Wildman–Crippen LogP) is 15.7. The summed E-state index contributed by atoms with van der Waals surface area (Å²) in [5.41, 5.74) is 1.65. The van der Waals surface area contributed by atoms with Crippen LogP contribution in [0.25, 0.3) is 11.2 Å². The lowest BCUT2D eigenvalue weighted by Gasteiger charge is -2.26. The second-order valence-electron chi connectivity index (χ2n) is 23.7. The van der Waals surface area contributed by atoms with Crippen molar-refractivity contribution in [3.8, 4) is 0 Å². The van der Waals surface area contributed by atoms with Gasteiger partial charge in [-0.15, -0.1) is 0 Å². The Morgan fingerprint density at radius 3 is 1.54 bits per heavy atom.